The fourth-order valence-electron chi connectivity index (χ4n) is 3.54. The summed E-state index contributed by atoms with van der Waals surface area (Å²) in [5.41, 5.74) is 1.67. The van der Waals surface area contributed by atoms with Gasteiger partial charge in [0.15, 0.2) is 0 Å². The maximum Gasteiger partial charge on any atom is 0.225 e. The van der Waals surface area contributed by atoms with Gasteiger partial charge in [-0.25, -0.2) is 0 Å². The first-order chi connectivity index (χ1) is 12.5. The Morgan fingerprint density at radius 1 is 0.963 bits per heavy atom. The van der Waals surface area contributed by atoms with E-state index in [0.717, 1.165) is 37.7 Å². The molecule has 1 saturated carbocycles. The molecule has 0 radical (unpaired) electrons. The van der Waals surface area contributed by atoms with Crippen molar-refractivity contribution in [2.24, 2.45) is 11.3 Å². The van der Waals surface area contributed by atoms with E-state index in [2.05, 4.69) is 55.7 Å². The van der Waals surface area contributed by atoms with Crippen LogP contribution in [-0.4, -0.2) is 17.9 Å². The Morgan fingerprint density at radius 3 is 2.00 bits per heavy atom. The van der Waals surface area contributed by atoms with Gasteiger partial charge in [-0.15, -0.1) is 0 Å². The number of hydrogen-bond acceptors (Lipinski definition) is 2. The number of carbonyl (C=O) groups excluding carboxylic acids is 2. The van der Waals surface area contributed by atoms with Gasteiger partial charge in [-0.2, -0.15) is 0 Å². The normalized spacial score (nSPS) is 20.8. The average Bonchev–Trinajstić information content (AvgIpc) is 2.61. The summed E-state index contributed by atoms with van der Waals surface area (Å²) in [7, 11) is 0. The maximum absolute atomic E-state index is 12.8. The van der Waals surface area contributed by atoms with Crippen LogP contribution in [0.25, 0.3) is 0 Å². The molecule has 0 atom stereocenters. The third-order valence-corrected chi connectivity index (χ3v) is 5.63. The van der Waals surface area contributed by atoms with Crippen LogP contribution in [0.3, 0.4) is 0 Å². The Labute approximate surface area is 164 Å². The van der Waals surface area contributed by atoms with E-state index in [4.69, 9.17) is 0 Å². The molecule has 0 bridgehead atoms. The van der Waals surface area contributed by atoms with Crippen molar-refractivity contribution in [1.29, 1.82) is 0 Å². The minimum absolute atomic E-state index is 0.0296. The fraction of sp³-hybridized carbons (Fsp3) is 0.652. The number of rotatable bonds is 5. The van der Waals surface area contributed by atoms with Crippen molar-refractivity contribution in [1.82, 2.24) is 10.6 Å². The highest BCUT2D eigenvalue weighted by Crippen LogP contribution is 2.28. The van der Waals surface area contributed by atoms with E-state index < -0.39 is 0 Å². The lowest BCUT2D eigenvalue weighted by Crippen LogP contribution is -2.47. The van der Waals surface area contributed by atoms with Gasteiger partial charge in [0.25, 0.3) is 0 Å². The summed E-state index contributed by atoms with van der Waals surface area (Å²) >= 11 is 0. The number of aryl methyl sites for hydroxylation is 1. The SMILES string of the molecule is CCc1ccc(C(C)(C)NC(=O)C2CCC(NC(=O)C(C)(C)C)CC2)cc1. The zero-order valence-corrected chi connectivity index (χ0v) is 17.8. The van der Waals surface area contributed by atoms with Crippen LogP contribution in [0.5, 0.6) is 0 Å². The summed E-state index contributed by atoms with van der Waals surface area (Å²) in [5.74, 6) is 0.245. The smallest absolute Gasteiger partial charge is 0.225 e. The first-order valence-corrected chi connectivity index (χ1v) is 10.3. The minimum Gasteiger partial charge on any atom is -0.353 e. The van der Waals surface area contributed by atoms with Crippen LogP contribution in [0.15, 0.2) is 24.3 Å². The van der Waals surface area contributed by atoms with E-state index in [0.29, 0.717) is 0 Å². The summed E-state index contributed by atoms with van der Waals surface area (Å²) < 4.78 is 0. The second kappa shape index (κ2) is 8.45. The Hall–Kier alpha value is -1.84. The average molecular weight is 373 g/mol. The van der Waals surface area contributed by atoms with Crippen molar-refractivity contribution < 1.29 is 9.59 Å². The molecule has 0 aliphatic heterocycles. The summed E-state index contributed by atoms with van der Waals surface area (Å²) in [5, 5.41) is 6.37. The van der Waals surface area contributed by atoms with Gasteiger partial charge in [-0.1, -0.05) is 52.0 Å². The Bertz CT molecular complexity index is 648. The number of amides is 2. The van der Waals surface area contributed by atoms with Crippen LogP contribution in [0.4, 0.5) is 0 Å². The van der Waals surface area contributed by atoms with E-state index >= 15 is 0 Å². The molecule has 0 saturated heterocycles. The maximum atomic E-state index is 12.8. The van der Waals surface area contributed by atoms with E-state index in [-0.39, 0.29) is 34.7 Å². The van der Waals surface area contributed by atoms with Crippen LogP contribution in [0, 0.1) is 11.3 Å². The molecule has 4 heteroatoms. The largest absolute Gasteiger partial charge is 0.353 e. The van der Waals surface area contributed by atoms with Crippen LogP contribution >= 0.6 is 0 Å². The molecule has 1 aromatic carbocycles. The molecule has 1 aliphatic carbocycles. The zero-order valence-electron chi connectivity index (χ0n) is 17.8. The van der Waals surface area contributed by atoms with Gasteiger partial charge < -0.3 is 10.6 Å². The van der Waals surface area contributed by atoms with Crippen LogP contribution in [-0.2, 0) is 21.5 Å². The molecule has 4 nitrogen and oxygen atoms in total. The highest BCUT2D eigenvalue weighted by atomic mass is 16.2. The number of nitrogens with one attached hydrogen (secondary N) is 2. The predicted molar refractivity (Wildman–Crippen MR) is 110 cm³/mol. The van der Waals surface area contributed by atoms with Crippen molar-refractivity contribution in [2.45, 2.75) is 85.2 Å². The molecule has 0 spiro atoms. The molecule has 1 aliphatic rings. The molecule has 0 aromatic heterocycles. The van der Waals surface area contributed by atoms with Crippen LogP contribution < -0.4 is 10.6 Å². The molecule has 2 amide bonds. The monoisotopic (exact) mass is 372 g/mol. The zero-order chi connectivity index (χ0) is 20.2. The van der Waals surface area contributed by atoms with Crippen LogP contribution in [0.1, 0.15) is 78.4 Å². The Balaban J connectivity index is 1.88. The van der Waals surface area contributed by atoms with Gasteiger partial charge in [0.2, 0.25) is 11.8 Å². The van der Waals surface area contributed by atoms with E-state index in [1.807, 2.05) is 20.8 Å². The standard InChI is InChI=1S/C23H36N2O2/c1-7-16-8-12-18(13-9-16)23(5,6)25-20(26)17-10-14-19(15-11-17)24-21(27)22(2,3)4/h8-9,12-13,17,19H,7,10-11,14-15H2,1-6H3,(H,24,27)(H,25,26). The quantitative estimate of drug-likeness (QED) is 0.808. The lowest BCUT2D eigenvalue weighted by molar-refractivity contribution is -0.129. The molecule has 27 heavy (non-hydrogen) atoms. The lowest BCUT2D eigenvalue weighted by atomic mass is 9.83. The highest BCUT2D eigenvalue weighted by Gasteiger charge is 2.32. The molecular weight excluding hydrogens is 336 g/mol. The lowest BCUT2D eigenvalue weighted by Gasteiger charge is -2.33. The summed E-state index contributed by atoms with van der Waals surface area (Å²) in [6.45, 7) is 12.0. The summed E-state index contributed by atoms with van der Waals surface area (Å²) in [6.07, 6.45) is 4.40. The third kappa shape index (κ3) is 5.82. The van der Waals surface area contributed by atoms with Crippen LogP contribution in [0.2, 0.25) is 0 Å². The predicted octanol–water partition coefficient (Wildman–Crippen LogP) is 4.32. The summed E-state index contributed by atoms with van der Waals surface area (Å²) in [6, 6.07) is 8.67. The van der Waals surface area contributed by atoms with E-state index in [9.17, 15) is 9.59 Å². The summed E-state index contributed by atoms with van der Waals surface area (Å²) in [4.78, 5) is 24.9. The van der Waals surface area contributed by atoms with E-state index in [1.54, 1.807) is 0 Å². The number of hydrogen-bond donors (Lipinski definition) is 2. The Morgan fingerprint density at radius 2 is 1.52 bits per heavy atom. The Kier molecular flexibility index (Phi) is 6.72. The molecule has 2 N–H and O–H groups in total. The second-order valence-electron chi connectivity index (χ2n) is 9.44. The molecule has 0 unspecified atom stereocenters. The molecule has 1 aromatic rings. The van der Waals surface area contributed by atoms with Crippen molar-refractivity contribution in [3.05, 3.63) is 35.4 Å². The third-order valence-electron chi connectivity index (χ3n) is 5.63. The number of benzene rings is 1. The van der Waals surface area contributed by atoms with Gasteiger partial charge in [0.1, 0.15) is 0 Å². The van der Waals surface area contributed by atoms with Crippen molar-refractivity contribution in [3.8, 4) is 0 Å². The fourth-order valence-corrected chi connectivity index (χ4v) is 3.54. The topological polar surface area (TPSA) is 58.2 Å². The minimum atomic E-state index is -0.388. The molecule has 2 rings (SSSR count). The van der Waals surface area contributed by atoms with Gasteiger partial charge in [-0.3, -0.25) is 9.59 Å². The van der Waals surface area contributed by atoms with Crippen molar-refractivity contribution in [2.75, 3.05) is 0 Å². The molecule has 150 valence electrons. The van der Waals surface area contributed by atoms with Gasteiger partial charge in [0.05, 0.1) is 5.54 Å². The van der Waals surface area contributed by atoms with Gasteiger partial charge in [-0.05, 0) is 57.1 Å². The van der Waals surface area contributed by atoms with Gasteiger partial charge >= 0.3 is 0 Å². The second-order valence-corrected chi connectivity index (χ2v) is 9.44. The number of carbonyl (C=O) groups is 2. The molecular formula is C23H36N2O2. The highest BCUT2D eigenvalue weighted by molar-refractivity contribution is 5.82. The molecule has 1 fully saturated rings. The first-order valence-electron chi connectivity index (χ1n) is 10.3. The van der Waals surface area contributed by atoms with E-state index in [1.165, 1.54) is 5.56 Å². The van der Waals surface area contributed by atoms with Gasteiger partial charge in [0, 0.05) is 17.4 Å². The van der Waals surface area contributed by atoms with Crippen molar-refractivity contribution in [3.63, 3.8) is 0 Å². The van der Waals surface area contributed by atoms with Crippen molar-refractivity contribution >= 4 is 11.8 Å². The molecule has 0 heterocycles. The first kappa shape index (κ1) is 21.5.